The van der Waals surface area contributed by atoms with E-state index >= 15 is 0 Å². The van der Waals surface area contributed by atoms with E-state index in [2.05, 4.69) is 17.2 Å². The molecule has 3 radical (unpaired) electrons. The van der Waals surface area contributed by atoms with E-state index in [0.29, 0.717) is 0 Å². The van der Waals surface area contributed by atoms with Crippen molar-refractivity contribution < 1.29 is 0 Å². The first kappa shape index (κ1) is 13.8. The summed E-state index contributed by atoms with van der Waals surface area (Å²) < 4.78 is 1.83. The fraction of sp³-hybridized carbons (Fsp3) is 0.750. The zero-order valence-electron chi connectivity index (χ0n) is 8.41. The molecule has 0 N–H and O–H groups in total. The minimum absolute atomic E-state index is 0. The lowest BCUT2D eigenvalue weighted by atomic mass is 10.4. The molecule has 1 aromatic rings. The van der Waals surface area contributed by atoms with E-state index < -0.39 is 0 Å². The first-order chi connectivity index (χ1) is 5.36. The fourth-order valence-electron chi connectivity index (χ4n) is 0.655. The van der Waals surface area contributed by atoms with Gasteiger partial charge in [0.1, 0.15) is 0 Å². The monoisotopic (exact) mass is 166 g/mol. The molecule has 0 saturated heterocycles. The number of nitrogens with zero attached hydrogens (tertiary/aromatic N) is 3. The van der Waals surface area contributed by atoms with Crippen molar-refractivity contribution >= 4 is 8.41 Å². The van der Waals surface area contributed by atoms with Crippen LogP contribution in [0.3, 0.4) is 0 Å². The quantitative estimate of drug-likeness (QED) is 0.623. The molecule has 0 bridgehead atoms. The number of aromatic nitrogens is 3. The minimum atomic E-state index is 0. The van der Waals surface area contributed by atoms with Crippen molar-refractivity contribution in [3.05, 3.63) is 11.9 Å². The zero-order chi connectivity index (χ0) is 8.69. The van der Waals surface area contributed by atoms with Crippen LogP contribution in [0.25, 0.3) is 0 Å². The van der Waals surface area contributed by atoms with Gasteiger partial charge in [0.25, 0.3) is 0 Å². The molecular formula is C8H17BN3. The highest BCUT2D eigenvalue weighted by molar-refractivity contribution is 5.75. The maximum atomic E-state index is 3.92. The Kier molecular flexibility index (Phi) is 9.53. The van der Waals surface area contributed by atoms with E-state index in [4.69, 9.17) is 0 Å². The van der Waals surface area contributed by atoms with Crippen LogP contribution in [-0.4, -0.2) is 23.4 Å². The summed E-state index contributed by atoms with van der Waals surface area (Å²) in [5.74, 6) is 0. The van der Waals surface area contributed by atoms with Crippen LogP contribution in [0.5, 0.6) is 0 Å². The van der Waals surface area contributed by atoms with E-state index in [1.54, 1.807) is 0 Å². The number of rotatable bonds is 2. The molecule has 0 spiro atoms. The van der Waals surface area contributed by atoms with Gasteiger partial charge in [0.15, 0.2) is 0 Å². The SMILES string of the molecule is CC.CCc1cn(CC)nn1.[B]. The van der Waals surface area contributed by atoms with Crippen molar-refractivity contribution in [2.75, 3.05) is 0 Å². The van der Waals surface area contributed by atoms with Gasteiger partial charge in [-0.1, -0.05) is 26.0 Å². The molecule has 1 heterocycles. The second-order valence-corrected chi connectivity index (χ2v) is 1.92. The average Bonchev–Trinajstić information content (AvgIpc) is 2.55. The topological polar surface area (TPSA) is 30.7 Å². The van der Waals surface area contributed by atoms with Crippen molar-refractivity contribution in [1.82, 2.24) is 15.0 Å². The summed E-state index contributed by atoms with van der Waals surface area (Å²) in [6, 6.07) is 0. The highest BCUT2D eigenvalue weighted by atomic mass is 15.4. The molecule has 0 aromatic carbocycles. The fourth-order valence-corrected chi connectivity index (χ4v) is 0.655. The molecule has 12 heavy (non-hydrogen) atoms. The van der Waals surface area contributed by atoms with Crippen molar-refractivity contribution in [3.8, 4) is 0 Å². The smallest absolute Gasteiger partial charge is 0.0824 e. The van der Waals surface area contributed by atoms with Crippen molar-refractivity contribution in [2.45, 2.75) is 40.7 Å². The second kappa shape index (κ2) is 8.30. The Hall–Kier alpha value is -0.795. The van der Waals surface area contributed by atoms with Gasteiger partial charge in [-0.15, -0.1) is 5.10 Å². The van der Waals surface area contributed by atoms with E-state index in [9.17, 15) is 0 Å². The van der Waals surface area contributed by atoms with Gasteiger partial charge in [-0.05, 0) is 13.3 Å². The van der Waals surface area contributed by atoms with Crippen molar-refractivity contribution in [2.24, 2.45) is 0 Å². The molecule has 0 amide bonds. The van der Waals surface area contributed by atoms with Crippen LogP contribution in [0.1, 0.15) is 33.4 Å². The van der Waals surface area contributed by atoms with Crippen LogP contribution in [-0.2, 0) is 13.0 Å². The third kappa shape index (κ3) is 4.16. The van der Waals surface area contributed by atoms with Gasteiger partial charge in [-0.3, -0.25) is 4.68 Å². The van der Waals surface area contributed by atoms with Gasteiger partial charge in [-0.25, -0.2) is 0 Å². The van der Waals surface area contributed by atoms with Crippen LogP contribution >= 0.6 is 0 Å². The van der Waals surface area contributed by atoms with Gasteiger partial charge in [0, 0.05) is 21.2 Å². The lowest BCUT2D eigenvalue weighted by molar-refractivity contribution is 0.626. The summed E-state index contributed by atoms with van der Waals surface area (Å²) in [4.78, 5) is 0. The molecule has 67 valence electrons. The largest absolute Gasteiger partial charge is 0.253 e. The standard InChI is InChI=1S/C6H11N3.C2H6.B/c1-3-6-5-9(4-2)8-7-6;1-2;/h5H,3-4H2,1-2H3;1-2H3;. The van der Waals surface area contributed by atoms with Gasteiger partial charge in [0.05, 0.1) is 5.69 Å². The lowest BCUT2D eigenvalue weighted by Gasteiger charge is -1.86. The van der Waals surface area contributed by atoms with Gasteiger partial charge < -0.3 is 0 Å². The third-order valence-corrected chi connectivity index (χ3v) is 1.27. The van der Waals surface area contributed by atoms with E-state index in [1.165, 1.54) is 0 Å². The Morgan fingerprint density at radius 3 is 2.17 bits per heavy atom. The number of hydrogen-bond donors (Lipinski definition) is 0. The van der Waals surface area contributed by atoms with E-state index in [0.717, 1.165) is 18.7 Å². The van der Waals surface area contributed by atoms with Crippen LogP contribution in [0, 0.1) is 0 Å². The minimum Gasteiger partial charge on any atom is -0.253 e. The Balaban J connectivity index is 0. The summed E-state index contributed by atoms with van der Waals surface area (Å²) in [6.45, 7) is 9.03. The van der Waals surface area contributed by atoms with Crippen LogP contribution in [0.15, 0.2) is 6.20 Å². The normalized spacial score (nSPS) is 8.00. The van der Waals surface area contributed by atoms with Crippen LogP contribution < -0.4 is 0 Å². The summed E-state index contributed by atoms with van der Waals surface area (Å²) in [7, 11) is 0. The molecule has 0 saturated carbocycles. The summed E-state index contributed by atoms with van der Waals surface area (Å²) in [5, 5.41) is 7.79. The summed E-state index contributed by atoms with van der Waals surface area (Å²) >= 11 is 0. The van der Waals surface area contributed by atoms with Crippen LogP contribution in [0.4, 0.5) is 0 Å². The third-order valence-electron chi connectivity index (χ3n) is 1.27. The van der Waals surface area contributed by atoms with E-state index in [-0.39, 0.29) is 8.41 Å². The predicted octanol–water partition coefficient (Wildman–Crippen LogP) is 1.51. The molecule has 1 aromatic heterocycles. The van der Waals surface area contributed by atoms with Crippen molar-refractivity contribution in [3.63, 3.8) is 0 Å². The maximum absolute atomic E-state index is 3.92. The average molecular weight is 166 g/mol. The maximum Gasteiger partial charge on any atom is 0.0824 e. The summed E-state index contributed by atoms with van der Waals surface area (Å²) in [6.07, 6.45) is 2.94. The first-order valence-electron chi connectivity index (χ1n) is 4.25. The molecule has 0 fully saturated rings. The van der Waals surface area contributed by atoms with Crippen LogP contribution in [0.2, 0.25) is 0 Å². The zero-order valence-corrected chi connectivity index (χ0v) is 8.41. The molecule has 0 aliphatic carbocycles. The predicted molar refractivity (Wildman–Crippen MR) is 52.2 cm³/mol. The Labute approximate surface area is 76.7 Å². The Morgan fingerprint density at radius 2 is 1.92 bits per heavy atom. The van der Waals surface area contributed by atoms with Gasteiger partial charge in [0.2, 0.25) is 0 Å². The Morgan fingerprint density at radius 1 is 1.33 bits per heavy atom. The molecule has 3 nitrogen and oxygen atoms in total. The van der Waals surface area contributed by atoms with Crippen molar-refractivity contribution in [1.29, 1.82) is 0 Å². The molecule has 1 rings (SSSR count). The molecular weight excluding hydrogens is 149 g/mol. The summed E-state index contributed by atoms with van der Waals surface area (Å²) in [5.41, 5.74) is 1.07. The Bertz CT molecular complexity index is 168. The highest BCUT2D eigenvalue weighted by Crippen LogP contribution is 1.91. The number of aryl methyl sites for hydroxylation is 2. The molecule has 4 heteroatoms. The molecule has 0 atom stereocenters. The molecule has 0 unspecified atom stereocenters. The number of hydrogen-bond acceptors (Lipinski definition) is 2. The lowest BCUT2D eigenvalue weighted by Crippen LogP contribution is -1.93. The molecule has 0 aliphatic rings. The van der Waals surface area contributed by atoms with E-state index in [1.807, 2.05) is 31.6 Å². The van der Waals surface area contributed by atoms with Gasteiger partial charge >= 0.3 is 0 Å². The highest BCUT2D eigenvalue weighted by Gasteiger charge is 1.92. The molecule has 0 aliphatic heterocycles. The first-order valence-corrected chi connectivity index (χ1v) is 4.25. The second-order valence-electron chi connectivity index (χ2n) is 1.92. The van der Waals surface area contributed by atoms with Gasteiger partial charge in [-0.2, -0.15) is 0 Å².